The number of hydrogen-bond donors (Lipinski definition) is 2. The summed E-state index contributed by atoms with van der Waals surface area (Å²) in [5, 5.41) is 5.65. The molecule has 0 saturated heterocycles. The number of nitrogens with one attached hydrogen (secondary N) is 2. The minimum atomic E-state index is -0.344. The first kappa shape index (κ1) is 18.1. The van der Waals surface area contributed by atoms with Gasteiger partial charge in [-0.1, -0.05) is 29.3 Å². The van der Waals surface area contributed by atoms with Gasteiger partial charge in [0.15, 0.2) is 0 Å². The molecule has 0 radical (unpaired) electrons. The highest BCUT2D eigenvalue weighted by Crippen LogP contribution is 2.20. The first-order chi connectivity index (χ1) is 11.5. The Morgan fingerprint density at radius 3 is 2.67 bits per heavy atom. The lowest BCUT2D eigenvalue weighted by Crippen LogP contribution is -2.25. The van der Waals surface area contributed by atoms with Gasteiger partial charge in [0.25, 0.3) is 11.8 Å². The first-order valence-corrected chi connectivity index (χ1v) is 8.62. The summed E-state index contributed by atoms with van der Waals surface area (Å²) in [6, 6.07) is 8.70. The maximum Gasteiger partial charge on any atom is 0.274 e. The fraction of sp³-hybridized carbons (Fsp3) is 0.278. The molecule has 0 atom stereocenters. The highest BCUT2D eigenvalue weighted by molar-refractivity contribution is 9.10. The molecule has 24 heavy (non-hydrogen) atoms. The highest BCUT2D eigenvalue weighted by atomic mass is 79.9. The van der Waals surface area contributed by atoms with Gasteiger partial charge in [-0.05, 0) is 49.2 Å². The molecule has 126 valence electrons. The maximum atomic E-state index is 12.4. The molecule has 5 nitrogen and oxygen atoms in total. The van der Waals surface area contributed by atoms with Crippen molar-refractivity contribution in [1.29, 1.82) is 0 Å². The van der Waals surface area contributed by atoms with E-state index in [2.05, 4.69) is 38.5 Å². The lowest BCUT2D eigenvalue weighted by Gasteiger charge is -2.09. The van der Waals surface area contributed by atoms with Gasteiger partial charge in [0.1, 0.15) is 5.69 Å². The van der Waals surface area contributed by atoms with E-state index in [0.717, 1.165) is 22.9 Å². The van der Waals surface area contributed by atoms with E-state index in [1.807, 2.05) is 25.1 Å². The molecular formula is C18H20BrN3O2. The smallest absolute Gasteiger partial charge is 0.274 e. The van der Waals surface area contributed by atoms with Gasteiger partial charge in [-0.3, -0.25) is 14.6 Å². The number of unbranched alkanes of at least 4 members (excludes halogenated alkanes) is 1. The zero-order chi connectivity index (χ0) is 17.5. The van der Waals surface area contributed by atoms with Crippen molar-refractivity contribution >= 4 is 33.4 Å². The second-order valence-electron chi connectivity index (χ2n) is 5.45. The van der Waals surface area contributed by atoms with Gasteiger partial charge < -0.3 is 10.6 Å². The summed E-state index contributed by atoms with van der Waals surface area (Å²) in [6.45, 7) is 4.59. The van der Waals surface area contributed by atoms with Crippen molar-refractivity contribution in [2.75, 3.05) is 11.9 Å². The molecule has 1 aromatic heterocycles. The van der Waals surface area contributed by atoms with Gasteiger partial charge in [0.05, 0.1) is 0 Å². The number of rotatable bonds is 6. The van der Waals surface area contributed by atoms with E-state index in [9.17, 15) is 9.59 Å². The van der Waals surface area contributed by atoms with E-state index >= 15 is 0 Å². The Bertz CT molecular complexity index is 747. The maximum absolute atomic E-state index is 12.4. The molecule has 1 aromatic carbocycles. The van der Waals surface area contributed by atoms with Crippen LogP contribution in [0.15, 0.2) is 41.0 Å². The zero-order valence-electron chi connectivity index (χ0n) is 13.7. The standard InChI is InChI=1S/C18H20BrN3O2/c1-3-4-8-21-17(23)13-7-9-20-16(11-13)18(24)22-15-6-5-14(19)10-12(15)2/h5-7,9-11H,3-4,8H2,1-2H3,(H,21,23)(H,22,24). The molecule has 0 fully saturated rings. The van der Waals surface area contributed by atoms with Crippen molar-refractivity contribution in [2.45, 2.75) is 26.7 Å². The Hall–Kier alpha value is -2.21. The number of aromatic nitrogens is 1. The average molecular weight is 390 g/mol. The Labute approximate surface area is 150 Å². The van der Waals surface area contributed by atoms with Crippen molar-refractivity contribution in [1.82, 2.24) is 10.3 Å². The van der Waals surface area contributed by atoms with Crippen LogP contribution in [0.3, 0.4) is 0 Å². The van der Waals surface area contributed by atoms with Crippen molar-refractivity contribution in [2.24, 2.45) is 0 Å². The van der Waals surface area contributed by atoms with Crippen molar-refractivity contribution in [3.05, 3.63) is 57.8 Å². The number of nitrogens with zero attached hydrogens (tertiary/aromatic N) is 1. The van der Waals surface area contributed by atoms with Gasteiger partial charge in [-0.2, -0.15) is 0 Å². The molecule has 2 aromatic rings. The van der Waals surface area contributed by atoms with E-state index in [-0.39, 0.29) is 17.5 Å². The van der Waals surface area contributed by atoms with Crippen LogP contribution in [0.1, 0.15) is 46.2 Å². The predicted molar refractivity (Wildman–Crippen MR) is 98.3 cm³/mol. The van der Waals surface area contributed by atoms with Crippen LogP contribution < -0.4 is 10.6 Å². The third-order valence-corrected chi connectivity index (χ3v) is 4.00. The van der Waals surface area contributed by atoms with E-state index in [1.165, 1.54) is 12.3 Å². The van der Waals surface area contributed by atoms with Crippen LogP contribution in [0, 0.1) is 6.92 Å². The molecule has 1 heterocycles. The zero-order valence-corrected chi connectivity index (χ0v) is 15.3. The van der Waals surface area contributed by atoms with Gasteiger partial charge in [-0.25, -0.2) is 0 Å². The van der Waals surface area contributed by atoms with Gasteiger partial charge in [0, 0.05) is 28.5 Å². The number of halogens is 1. The van der Waals surface area contributed by atoms with E-state index in [4.69, 9.17) is 0 Å². The fourth-order valence-electron chi connectivity index (χ4n) is 2.13. The summed E-state index contributed by atoms with van der Waals surface area (Å²) in [7, 11) is 0. The Balaban J connectivity index is 2.09. The molecule has 0 spiro atoms. The second-order valence-corrected chi connectivity index (χ2v) is 6.37. The van der Waals surface area contributed by atoms with Crippen LogP contribution in [-0.4, -0.2) is 23.3 Å². The summed E-state index contributed by atoms with van der Waals surface area (Å²) in [5.74, 6) is -0.539. The largest absolute Gasteiger partial charge is 0.352 e. The number of aryl methyl sites for hydroxylation is 1. The molecule has 2 N–H and O–H groups in total. The number of carbonyl (C=O) groups excluding carboxylic acids is 2. The SMILES string of the molecule is CCCCNC(=O)c1ccnc(C(=O)Nc2ccc(Br)cc2C)c1. The quantitative estimate of drug-likeness (QED) is 0.735. The fourth-order valence-corrected chi connectivity index (χ4v) is 2.61. The topological polar surface area (TPSA) is 71.1 Å². The predicted octanol–water partition coefficient (Wildman–Crippen LogP) is 3.93. The molecule has 2 rings (SSSR count). The normalized spacial score (nSPS) is 10.3. The molecule has 6 heteroatoms. The van der Waals surface area contributed by atoms with E-state index < -0.39 is 0 Å². The lowest BCUT2D eigenvalue weighted by atomic mass is 10.1. The molecular weight excluding hydrogens is 370 g/mol. The minimum Gasteiger partial charge on any atom is -0.352 e. The van der Waals surface area contributed by atoms with Crippen LogP contribution in [0.5, 0.6) is 0 Å². The third-order valence-electron chi connectivity index (χ3n) is 3.51. The lowest BCUT2D eigenvalue weighted by molar-refractivity contribution is 0.0953. The molecule has 0 aliphatic carbocycles. The van der Waals surface area contributed by atoms with Crippen LogP contribution >= 0.6 is 15.9 Å². The summed E-state index contributed by atoms with van der Waals surface area (Å²) < 4.78 is 0.946. The Kier molecular flexibility index (Phi) is 6.49. The summed E-state index contributed by atoms with van der Waals surface area (Å²) in [4.78, 5) is 28.5. The number of carbonyl (C=O) groups is 2. The number of pyridine rings is 1. The van der Waals surface area contributed by atoms with Crippen molar-refractivity contribution < 1.29 is 9.59 Å². The van der Waals surface area contributed by atoms with Crippen molar-refractivity contribution in [3.63, 3.8) is 0 Å². The van der Waals surface area contributed by atoms with Crippen molar-refractivity contribution in [3.8, 4) is 0 Å². The number of amides is 2. The minimum absolute atomic E-state index is 0.195. The molecule has 0 saturated carbocycles. The molecule has 0 bridgehead atoms. The molecule has 0 aliphatic rings. The van der Waals surface area contributed by atoms with Gasteiger partial charge >= 0.3 is 0 Å². The highest BCUT2D eigenvalue weighted by Gasteiger charge is 2.12. The summed E-state index contributed by atoms with van der Waals surface area (Å²) in [6.07, 6.45) is 3.40. The van der Waals surface area contributed by atoms with Gasteiger partial charge in [0.2, 0.25) is 0 Å². The van der Waals surface area contributed by atoms with Crippen LogP contribution in [0.2, 0.25) is 0 Å². The molecule has 2 amide bonds. The average Bonchev–Trinajstić information content (AvgIpc) is 2.57. The van der Waals surface area contributed by atoms with Crippen LogP contribution in [0.4, 0.5) is 5.69 Å². The van der Waals surface area contributed by atoms with E-state index in [1.54, 1.807) is 6.07 Å². The first-order valence-electron chi connectivity index (χ1n) is 7.83. The molecule has 0 unspecified atom stereocenters. The summed E-state index contributed by atoms with van der Waals surface area (Å²) >= 11 is 3.39. The van der Waals surface area contributed by atoms with Crippen LogP contribution in [-0.2, 0) is 0 Å². The van der Waals surface area contributed by atoms with E-state index in [0.29, 0.717) is 17.8 Å². The summed E-state index contributed by atoms with van der Waals surface area (Å²) in [5.41, 5.74) is 2.29. The van der Waals surface area contributed by atoms with Crippen LogP contribution in [0.25, 0.3) is 0 Å². The third kappa shape index (κ3) is 4.89. The second kappa shape index (κ2) is 8.59. The number of benzene rings is 1. The number of hydrogen-bond acceptors (Lipinski definition) is 3. The monoisotopic (exact) mass is 389 g/mol. The van der Waals surface area contributed by atoms with Gasteiger partial charge in [-0.15, -0.1) is 0 Å². The number of anilines is 1. The Morgan fingerprint density at radius 2 is 1.96 bits per heavy atom. The molecule has 0 aliphatic heterocycles. The Morgan fingerprint density at radius 1 is 1.17 bits per heavy atom.